The Hall–Kier alpha value is -2.24. The number of nitrogens with two attached hydrogens (primary N) is 1. The van der Waals surface area contributed by atoms with Gasteiger partial charge < -0.3 is 11.1 Å². The molecule has 0 saturated heterocycles. The van der Waals surface area contributed by atoms with Gasteiger partial charge in [-0.1, -0.05) is 24.3 Å². The predicted octanol–water partition coefficient (Wildman–Crippen LogP) is 3.95. The molecule has 0 aliphatic rings. The molecule has 3 N–H and O–H groups in total. The lowest BCUT2D eigenvalue weighted by Crippen LogP contribution is -2.19. The fourth-order valence-corrected chi connectivity index (χ4v) is 3.46. The molecular weight excluding hydrogens is 318 g/mol. The summed E-state index contributed by atoms with van der Waals surface area (Å²) in [7, 11) is 0. The van der Waals surface area contributed by atoms with Crippen molar-refractivity contribution < 1.29 is 4.79 Å². The summed E-state index contributed by atoms with van der Waals surface area (Å²) in [5, 5.41) is 4.00. The van der Waals surface area contributed by atoms with Gasteiger partial charge in [-0.3, -0.25) is 4.79 Å². The number of anilines is 1. The third-order valence-electron chi connectivity index (χ3n) is 3.76. The SMILES string of the molecule is CC(N)CCC(=O)Nc1ccc(Cc2nc3ccccc3s2)cc1. The minimum absolute atomic E-state index is 0.00576. The zero-order valence-electron chi connectivity index (χ0n) is 13.7. The number of rotatable bonds is 6. The van der Waals surface area contributed by atoms with E-state index in [1.54, 1.807) is 11.3 Å². The van der Waals surface area contributed by atoms with Crippen molar-refractivity contribution in [2.45, 2.75) is 32.2 Å². The standard InChI is InChI=1S/C19H21N3OS/c1-13(20)6-11-18(23)21-15-9-7-14(8-10-15)12-19-22-16-4-2-3-5-17(16)24-19/h2-5,7-10,13H,6,11-12,20H2,1H3,(H,21,23). The van der Waals surface area contributed by atoms with Crippen molar-refractivity contribution >= 4 is 33.1 Å². The molecule has 0 spiro atoms. The number of amides is 1. The van der Waals surface area contributed by atoms with Gasteiger partial charge in [-0.25, -0.2) is 4.98 Å². The molecule has 0 fully saturated rings. The van der Waals surface area contributed by atoms with Crippen LogP contribution in [0.15, 0.2) is 48.5 Å². The van der Waals surface area contributed by atoms with E-state index in [0.717, 1.165) is 22.6 Å². The van der Waals surface area contributed by atoms with Gasteiger partial charge in [-0.15, -0.1) is 11.3 Å². The summed E-state index contributed by atoms with van der Waals surface area (Å²) in [4.78, 5) is 16.5. The van der Waals surface area contributed by atoms with E-state index >= 15 is 0 Å². The molecule has 1 aromatic heterocycles. The first-order valence-corrected chi connectivity index (χ1v) is 8.90. The number of hydrogen-bond acceptors (Lipinski definition) is 4. The lowest BCUT2D eigenvalue weighted by molar-refractivity contribution is -0.116. The van der Waals surface area contributed by atoms with Crippen molar-refractivity contribution in [3.05, 3.63) is 59.1 Å². The lowest BCUT2D eigenvalue weighted by atomic mass is 10.1. The maximum atomic E-state index is 11.8. The molecule has 1 heterocycles. The maximum Gasteiger partial charge on any atom is 0.224 e. The van der Waals surface area contributed by atoms with Crippen molar-refractivity contribution in [2.75, 3.05) is 5.32 Å². The average Bonchev–Trinajstić information content (AvgIpc) is 2.97. The topological polar surface area (TPSA) is 68.0 Å². The molecule has 124 valence electrons. The highest BCUT2D eigenvalue weighted by atomic mass is 32.1. The fourth-order valence-electron chi connectivity index (χ4n) is 2.46. The molecule has 0 aliphatic carbocycles. The molecule has 1 unspecified atom stereocenters. The number of carbonyl (C=O) groups excluding carboxylic acids is 1. The molecular formula is C19H21N3OS. The summed E-state index contributed by atoms with van der Waals surface area (Å²) >= 11 is 1.72. The Balaban J connectivity index is 1.61. The van der Waals surface area contributed by atoms with Crippen LogP contribution in [0.3, 0.4) is 0 Å². The van der Waals surface area contributed by atoms with Crippen LogP contribution in [0.2, 0.25) is 0 Å². The van der Waals surface area contributed by atoms with Gasteiger partial charge in [0.2, 0.25) is 5.91 Å². The van der Waals surface area contributed by atoms with E-state index in [2.05, 4.69) is 16.4 Å². The van der Waals surface area contributed by atoms with Gasteiger partial charge in [0.15, 0.2) is 0 Å². The second kappa shape index (κ2) is 7.55. The molecule has 5 heteroatoms. The first-order chi connectivity index (χ1) is 11.6. The van der Waals surface area contributed by atoms with Gasteiger partial charge in [0.1, 0.15) is 0 Å². The molecule has 1 amide bonds. The average molecular weight is 339 g/mol. The molecule has 0 aliphatic heterocycles. The van der Waals surface area contributed by atoms with Crippen molar-refractivity contribution in [1.29, 1.82) is 0 Å². The Bertz CT molecular complexity index is 791. The van der Waals surface area contributed by atoms with E-state index < -0.39 is 0 Å². The summed E-state index contributed by atoms with van der Waals surface area (Å²) < 4.78 is 1.21. The Morgan fingerprint density at radius 1 is 1.21 bits per heavy atom. The smallest absolute Gasteiger partial charge is 0.224 e. The quantitative estimate of drug-likeness (QED) is 0.714. The second-order valence-electron chi connectivity index (χ2n) is 6.01. The number of thiazole rings is 1. The number of carbonyl (C=O) groups is 1. The van der Waals surface area contributed by atoms with Crippen LogP contribution in [0.1, 0.15) is 30.3 Å². The summed E-state index contributed by atoms with van der Waals surface area (Å²) in [6.07, 6.45) is 1.95. The van der Waals surface area contributed by atoms with E-state index in [1.807, 2.05) is 49.4 Å². The Morgan fingerprint density at radius 3 is 2.67 bits per heavy atom. The second-order valence-corrected chi connectivity index (χ2v) is 7.13. The third-order valence-corrected chi connectivity index (χ3v) is 4.79. The maximum absolute atomic E-state index is 11.8. The number of nitrogens with one attached hydrogen (secondary N) is 1. The van der Waals surface area contributed by atoms with Gasteiger partial charge >= 0.3 is 0 Å². The number of nitrogens with zero attached hydrogens (tertiary/aromatic N) is 1. The monoisotopic (exact) mass is 339 g/mol. The van der Waals surface area contributed by atoms with Gasteiger partial charge in [0.25, 0.3) is 0 Å². The van der Waals surface area contributed by atoms with Crippen LogP contribution in [-0.4, -0.2) is 16.9 Å². The van der Waals surface area contributed by atoms with E-state index in [4.69, 9.17) is 5.73 Å². The van der Waals surface area contributed by atoms with E-state index in [9.17, 15) is 4.79 Å². The minimum Gasteiger partial charge on any atom is -0.328 e. The van der Waals surface area contributed by atoms with Gasteiger partial charge in [0.05, 0.1) is 15.2 Å². The fraction of sp³-hybridized carbons (Fsp3) is 0.263. The molecule has 0 saturated carbocycles. The van der Waals surface area contributed by atoms with Crippen LogP contribution in [0.5, 0.6) is 0 Å². The first kappa shape index (κ1) is 16.6. The zero-order valence-corrected chi connectivity index (χ0v) is 14.5. The summed E-state index contributed by atoms with van der Waals surface area (Å²) in [5.74, 6) is 0.00576. The predicted molar refractivity (Wildman–Crippen MR) is 100 cm³/mol. The van der Waals surface area contributed by atoms with E-state index in [0.29, 0.717) is 12.8 Å². The summed E-state index contributed by atoms with van der Waals surface area (Å²) in [6, 6.07) is 16.2. The lowest BCUT2D eigenvalue weighted by Gasteiger charge is -2.07. The van der Waals surface area contributed by atoms with Crippen molar-refractivity contribution in [2.24, 2.45) is 5.73 Å². The molecule has 0 radical (unpaired) electrons. The summed E-state index contributed by atoms with van der Waals surface area (Å²) in [5.41, 5.74) is 8.72. The Morgan fingerprint density at radius 2 is 1.96 bits per heavy atom. The number of para-hydroxylation sites is 1. The minimum atomic E-state index is 0.00576. The first-order valence-electron chi connectivity index (χ1n) is 8.09. The van der Waals surface area contributed by atoms with Crippen LogP contribution >= 0.6 is 11.3 Å². The van der Waals surface area contributed by atoms with Crippen molar-refractivity contribution in [3.63, 3.8) is 0 Å². The highest BCUT2D eigenvalue weighted by molar-refractivity contribution is 7.18. The molecule has 0 bridgehead atoms. The Labute approximate surface area is 145 Å². The third kappa shape index (κ3) is 4.40. The van der Waals surface area contributed by atoms with Gasteiger partial charge in [-0.05, 0) is 43.2 Å². The van der Waals surface area contributed by atoms with Crippen LogP contribution < -0.4 is 11.1 Å². The summed E-state index contributed by atoms with van der Waals surface area (Å²) in [6.45, 7) is 1.91. The number of fused-ring (bicyclic) bond motifs is 1. The van der Waals surface area contributed by atoms with Crippen LogP contribution in [0.4, 0.5) is 5.69 Å². The van der Waals surface area contributed by atoms with Crippen molar-refractivity contribution in [1.82, 2.24) is 4.98 Å². The molecule has 4 nitrogen and oxygen atoms in total. The number of benzene rings is 2. The van der Waals surface area contributed by atoms with Crippen LogP contribution in [0, 0.1) is 0 Å². The number of aromatic nitrogens is 1. The number of hydrogen-bond donors (Lipinski definition) is 2. The molecule has 1 atom stereocenters. The largest absolute Gasteiger partial charge is 0.328 e. The van der Waals surface area contributed by atoms with Crippen LogP contribution in [0.25, 0.3) is 10.2 Å². The molecule has 3 aromatic rings. The highest BCUT2D eigenvalue weighted by Gasteiger charge is 2.06. The molecule has 3 rings (SSSR count). The van der Waals surface area contributed by atoms with E-state index in [-0.39, 0.29) is 11.9 Å². The Kier molecular flexibility index (Phi) is 5.23. The molecule has 24 heavy (non-hydrogen) atoms. The zero-order chi connectivity index (χ0) is 16.9. The van der Waals surface area contributed by atoms with Crippen LogP contribution in [-0.2, 0) is 11.2 Å². The molecule has 2 aromatic carbocycles. The van der Waals surface area contributed by atoms with E-state index in [1.165, 1.54) is 10.3 Å². The van der Waals surface area contributed by atoms with Crippen molar-refractivity contribution in [3.8, 4) is 0 Å². The normalized spacial score (nSPS) is 12.2. The van der Waals surface area contributed by atoms with Gasteiger partial charge in [-0.2, -0.15) is 0 Å². The highest BCUT2D eigenvalue weighted by Crippen LogP contribution is 2.24. The van der Waals surface area contributed by atoms with Gasteiger partial charge in [0, 0.05) is 24.6 Å².